The first kappa shape index (κ1) is 25.5. The maximum Gasteiger partial charge on any atom is 0.422 e. The van der Waals surface area contributed by atoms with Crippen molar-refractivity contribution in [2.75, 3.05) is 44.3 Å². The summed E-state index contributed by atoms with van der Waals surface area (Å²) in [6, 6.07) is 5.51. The van der Waals surface area contributed by atoms with Crippen LogP contribution in [0.2, 0.25) is 0 Å². The number of ether oxygens (including phenoxy) is 1. The molecule has 182 valence electrons. The number of nitrogens with zero attached hydrogens (tertiary/aromatic N) is 5. The highest BCUT2D eigenvalue weighted by molar-refractivity contribution is 8.00. The molecular formula is C21H23F3N6O3S. The van der Waals surface area contributed by atoms with Gasteiger partial charge in [0.25, 0.3) is 5.56 Å². The molecule has 0 radical (unpaired) electrons. The predicted molar refractivity (Wildman–Crippen MR) is 118 cm³/mol. The van der Waals surface area contributed by atoms with Gasteiger partial charge in [-0.25, -0.2) is 10.1 Å². The van der Waals surface area contributed by atoms with Gasteiger partial charge in [-0.15, -0.1) is 11.8 Å². The van der Waals surface area contributed by atoms with Gasteiger partial charge >= 0.3 is 6.18 Å². The Hall–Kier alpha value is -3.11. The number of H-pyrrole nitrogens is 1. The third kappa shape index (κ3) is 6.71. The molecule has 0 spiro atoms. The van der Waals surface area contributed by atoms with Crippen molar-refractivity contribution in [3.63, 3.8) is 0 Å². The van der Waals surface area contributed by atoms with Crippen molar-refractivity contribution in [3.05, 3.63) is 46.0 Å². The normalized spacial score (nSPS) is 15.1. The summed E-state index contributed by atoms with van der Waals surface area (Å²) in [5, 5.41) is 13.7. The molecule has 3 rings (SSSR count). The standard InChI is InChI=1S/C21H23F3N6O3S/c1-14(34-16-12-27-28-20(32)19(16)21(22,23)24)13-33-9-4-18(31)30-7-5-29(6-8-30)17-3-2-15(10-25)11-26-17/h2-3,11-12,14H,4-9,13H2,1H3,(H,28,32). The molecule has 1 unspecified atom stereocenters. The molecule has 0 aliphatic carbocycles. The van der Waals surface area contributed by atoms with Gasteiger partial charge in [-0.1, -0.05) is 6.92 Å². The van der Waals surface area contributed by atoms with E-state index in [-0.39, 0.29) is 35.7 Å². The average molecular weight is 497 g/mol. The third-order valence-electron chi connectivity index (χ3n) is 5.08. The van der Waals surface area contributed by atoms with Crippen LogP contribution in [-0.2, 0) is 15.7 Å². The number of anilines is 1. The van der Waals surface area contributed by atoms with Crippen molar-refractivity contribution in [1.82, 2.24) is 20.1 Å². The van der Waals surface area contributed by atoms with Crippen LogP contribution in [0.15, 0.2) is 34.2 Å². The second kappa shape index (κ2) is 11.3. The largest absolute Gasteiger partial charge is 0.422 e. The molecule has 3 heterocycles. The molecule has 0 saturated carbocycles. The Morgan fingerprint density at radius 2 is 2.03 bits per heavy atom. The van der Waals surface area contributed by atoms with Crippen LogP contribution in [0.5, 0.6) is 0 Å². The van der Waals surface area contributed by atoms with E-state index in [2.05, 4.69) is 10.1 Å². The van der Waals surface area contributed by atoms with Gasteiger partial charge in [-0.05, 0) is 12.1 Å². The van der Waals surface area contributed by atoms with E-state index in [1.165, 1.54) is 6.20 Å². The molecule has 1 atom stereocenters. The van der Waals surface area contributed by atoms with E-state index in [4.69, 9.17) is 10.00 Å². The number of halogens is 3. The summed E-state index contributed by atoms with van der Waals surface area (Å²) in [6.45, 7) is 4.21. The summed E-state index contributed by atoms with van der Waals surface area (Å²) in [5.41, 5.74) is -2.07. The summed E-state index contributed by atoms with van der Waals surface area (Å²) in [6.07, 6.45) is -2.14. The summed E-state index contributed by atoms with van der Waals surface area (Å²) in [7, 11) is 0. The molecule has 13 heteroatoms. The van der Waals surface area contributed by atoms with Crippen molar-refractivity contribution in [2.24, 2.45) is 0 Å². The summed E-state index contributed by atoms with van der Waals surface area (Å²) < 4.78 is 44.9. The van der Waals surface area contributed by atoms with Crippen LogP contribution in [0.4, 0.5) is 19.0 Å². The Balaban J connectivity index is 1.39. The number of nitriles is 1. The second-order valence-electron chi connectivity index (χ2n) is 7.57. The fourth-order valence-corrected chi connectivity index (χ4v) is 4.42. The number of rotatable bonds is 8. The Morgan fingerprint density at radius 1 is 1.29 bits per heavy atom. The van der Waals surface area contributed by atoms with E-state index in [0.717, 1.165) is 23.8 Å². The number of amides is 1. The van der Waals surface area contributed by atoms with Gasteiger partial charge < -0.3 is 14.5 Å². The van der Waals surface area contributed by atoms with Crippen molar-refractivity contribution >= 4 is 23.5 Å². The molecule has 1 N–H and O–H groups in total. The number of nitrogens with one attached hydrogen (secondary N) is 1. The van der Waals surface area contributed by atoms with Gasteiger partial charge in [0.05, 0.1) is 31.4 Å². The number of piperazine rings is 1. The first-order valence-corrected chi connectivity index (χ1v) is 11.3. The third-order valence-corrected chi connectivity index (χ3v) is 6.18. The monoisotopic (exact) mass is 496 g/mol. The van der Waals surface area contributed by atoms with E-state index in [1.54, 1.807) is 29.1 Å². The maximum absolute atomic E-state index is 13.1. The van der Waals surface area contributed by atoms with E-state index < -0.39 is 17.3 Å². The summed E-state index contributed by atoms with van der Waals surface area (Å²) in [4.78, 5) is 31.8. The highest BCUT2D eigenvalue weighted by Gasteiger charge is 2.37. The Labute approximate surface area is 197 Å². The molecule has 1 aliphatic heterocycles. The Kier molecular flexibility index (Phi) is 8.51. The quantitative estimate of drug-likeness (QED) is 0.437. The highest BCUT2D eigenvalue weighted by atomic mass is 32.2. The zero-order valence-electron chi connectivity index (χ0n) is 18.3. The number of aromatic amines is 1. The van der Waals surface area contributed by atoms with E-state index in [0.29, 0.717) is 31.7 Å². The first-order chi connectivity index (χ1) is 16.2. The van der Waals surface area contributed by atoms with Crippen molar-refractivity contribution in [2.45, 2.75) is 29.7 Å². The second-order valence-corrected chi connectivity index (χ2v) is 9.05. The number of carbonyl (C=O) groups is 1. The van der Waals surface area contributed by atoms with Crippen LogP contribution in [0.1, 0.15) is 24.5 Å². The molecule has 2 aromatic rings. The predicted octanol–water partition coefficient (Wildman–Crippen LogP) is 2.29. The molecule has 9 nitrogen and oxygen atoms in total. The first-order valence-electron chi connectivity index (χ1n) is 10.5. The minimum atomic E-state index is -4.79. The van der Waals surface area contributed by atoms with Crippen LogP contribution in [0.3, 0.4) is 0 Å². The molecular weight excluding hydrogens is 473 g/mol. The fraction of sp³-hybridized carbons (Fsp3) is 0.476. The van der Waals surface area contributed by atoms with Crippen LogP contribution < -0.4 is 10.5 Å². The lowest BCUT2D eigenvalue weighted by Crippen LogP contribution is -2.49. The van der Waals surface area contributed by atoms with Crippen molar-refractivity contribution in [1.29, 1.82) is 5.26 Å². The van der Waals surface area contributed by atoms with Gasteiger partial charge in [0, 0.05) is 42.5 Å². The molecule has 1 amide bonds. The Bertz CT molecular complexity index is 1080. The number of thioether (sulfide) groups is 1. The molecule has 1 fully saturated rings. The van der Waals surface area contributed by atoms with Crippen LogP contribution in [0.25, 0.3) is 0 Å². The lowest BCUT2D eigenvalue weighted by Gasteiger charge is -2.35. The van der Waals surface area contributed by atoms with Gasteiger partial charge in [0.2, 0.25) is 5.91 Å². The minimum Gasteiger partial charge on any atom is -0.380 e. The highest BCUT2D eigenvalue weighted by Crippen LogP contribution is 2.35. The molecule has 1 aliphatic rings. The zero-order valence-corrected chi connectivity index (χ0v) is 19.2. The lowest BCUT2D eigenvalue weighted by atomic mass is 10.2. The van der Waals surface area contributed by atoms with E-state index in [1.807, 2.05) is 11.0 Å². The number of alkyl halides is 3. The number of hydrogen-bond acceptors (Lipinski definition) is 8. The van der Waals surface area contributed by atoms with Crippen LogP contribution >= 0.6 is 11.8 Å². The SMILES string of the molecule is CC(COCCC(=O)N1CCN(c2ccc(C#N)cn2)CC1)Sc1cn[nH]c(=O)c1C(F)(F)F. The van der Waals surface area contributed by atoms with Crippen LogP contribution in [0, 0.1) is 11.3 Å². The lowest BCUT2D eigenvalue weighted by molar-refractivity contribution is -0.141. The van der Waals surface area contributed by atoms with Gasteiger partial charge in [0.1, 0.15) is 17.5 Å². The zero-order chi connectivity index (χ0) is 24.7. The maximum atomic E-state index is 13.1. The van der Waals surface area contributed by atoms with Gasteiger partial charge in [-0.2, -0.15) is 23.5 Å². The average Bonchev–Trinajstić information content (AvgIpc) is 2.81. The number of carbonyl (C=O) groups excluding carboxylic acids is 1. The van der Waals surface area contributed by atoms with E-state index >= 15 is 0 Å². The van der Waals surface area contributed by atoms with Gasteiger partial charge in [0.15, 0.2) is 0 Å². The smallest absolute Gasteiger partial charge is 0.380 e. The minimum absolute atomic E-state index is 0.0640. The molecule has 2 aromatic heterocycles. The molecule has 0 aromatic carbocycles. The Morgan fingerprint density at radius 3 is 2.65 bits per heavy atom. The van der Waals surface area contributed by atoms with Crippen molar-refractivity contribution in [3.8, 4) is 6.07 Å². The fourth-order valence-electron chi connectivity index (χ4n) is 3.38. The van der Waals surface area contributed by atoms with Crippen LogP contribution in [-0.4, -0.2) is 70.6 Å². The van der Waals surface area contributed by atoms with E-state index in [9.17, 15) is 22.8 Å². The van der Waals surface area contributed by atoms with Gasteiger partial charge in [-0.3, -0.25) is 9.59 Å². The molecule has 34 heavy (non-hydrogen) atoms. The number of pyridine rings is 1. The topological polar surface area (TPSA) is 115 Å². The number of aromatic nitrogens is 3. The molecule has 1 saturated heterocycles. The van der Waals surface area contributed by atoms with Crippen molar-refractivity contribution < 1.29 is 22.7 Å². The summed E-state index contributed by atoms with van der Waals surface area (Å²) in [5.74, 6) is 0.691. The number of hydrogen-bond donors (Lipinski definition) is 1. The summed E-state index contributed by atoms with van der Waals surface area (Å²) >= 11 is 0.846. The molecule has 0 bridgehead atoms.